The predicted molar refractivity (Wildman–Crippen MR) is 54.4 cm³/mol. The summed E-state index contributed by atoms with van der Waals surface area (Å²) in [6.07, 6.45) is 3.95. The fourth-order valence-electron chi connectivity index (χ4n) is 2.71. The van der Waals surface area contributed by atoms with Crippen molar-refractivity contribution in [3.8, 4) is 0 Å². The third kappa shape index (κ3) is 2.04. The Labute approximate surface area is 89.6 Å². The van der Waals surface area contributed by atoms with Crippen LogP contribution >= 0.6 is 0 Å². The molecule has 2 atom stereocenters. The number of ether oxygens (including phenoxy) is 1. The van der Waals surface area contributed by atoms with Gasteiger partial charge in [-0.15, -0.1) is 0 Å². The first-order valence-electron chi connectivity index (χ1n) is 5.57. The Kier molecular flexibility index (Phi) is 3.05. The number of nitrogens with zero attached hydrogens (tertiary/aromatic N) is 1. The SMILES string of the molecule is COC(=O)[C@H]1CC[C@@H]2CC(=O)CCCN21. The van der Waals surface area contributed by atoms with Gasteiger partial charge in [-0.25, -0.2) is 0 Å². The normalized spacial score (nSPS) is 32.2. The fourth-order valence-corrected chi connectivity index (χ4v) is 2.71. The van der Waals surface area contributed by atoms with Crippen molar-refractivity contribution in [2.75, 3.05) is 13.7 Å². The van der Waals surface area contributed by atoms with Crippen molar-refractivity contribution in [3.05, 3.63) is 0 Å². The Bertz CT molecular complexity index is 277. The van der Waals surface area contributed by atoms with E-state index in [4.69, 9.17) is 4.74 Å². The van der Waals surface area contributed by atoms with Crippen LogP contribution in [-0.2, 0) is 14.3 Å². The second-order valence-corrected chi connectivity index (χ2v) is 4.35. The molecule has 0 N–H and O–H groups in total. The molecule has 2 heterocycles. The Morgan fingerprint density at radius 3 is 3.00 bits per heavy atom. The molecule has 2 aliphatic heterocycles. The van der Waals surface area contributed by atoms with Gasteiger partial charge < -0.3 is 4.74 Å². The van der Waals surface area contributed by atoms with E-state index in [1.807, 2.05) is 0 Å². The lowest BCUT2D eigenvalue weighted by atomic mass is 10.1. The maximum atomic E-state index is 11.5. The average molecular weight is 211 g/mol. The molecule has 2 saturated heterocycles. The fraction of sp³-hybridized carbons (Fsp3) is 0.818. The van der Waals surface area contributed by atoms with Crippen molar-refractivity contribution in [1.29, 1.82) is 0 Å². The predicted octanol–water partition coefficient (Wildman–Crippen LogP) is 0.745. The Morgan fingerprint density at radius 2 is 2.27 bits per heavy atom. The smallest absolute Gasteiger partial charge is 0.323 e. The van der Waals surface area contributed by atoms with Gasteiger partial charge in [-0.2, -0.15) is 0 Å². The molecule has 0 aromatic carbocycles. The first kappa shape index (κ1) is 10.6. The van der Waals surface area contributed by atoms with Gasteiger partial charge in [-0.3, -0.25) is 14.5 Å². The summed E-state index contributed by atoms with van der Waals surface area (Å²) in [7, 11) is 1.43. The topological polar surface area (TPSA) is 46.6 Å². The highest BCUT2D eigenvalue weighted by Crippen LogP contribution is 2.30. The highest BCUT2D eigenvalue weighted by Gasteiger charge is 2.39. The first-order valence-corrected chi connectivity index (χ1v) is 5.57. The molecule has 0 saturated carbocycles. The number of methoxy groups -OCH3 is 1. The summed E-state index contributed by atoms with van der Waals surface area (Å²) in [5.74, 6) is 0.194. The highest BCUT2D eigenvalue weighted by atomic mass is 16.5. The molecule has 15 heavy (non-hydrogen) atoms. The van der Waals surface area contributed by atoms with Gasteiger partial charge in [-0.1, -0.05) is 0 Å². The molecular formula is C11H17NO3. The zero-order chi connectivity index (χ0) is 10.8. The molecule has 0 amide bonds. The molecule has 0 aliphatic carbocycles. The molecule has 2 aliphatic rings. The van der Waals surface area contributed by atoms with Gasteiger partial charge in [0.1, 0.15) is 11.8 Å². The van der Waals surface area contributed by atoms with Gasteiger partial charge in [0.15, 0.2) is 0 Å². The van der Waals surface area contributed by atoms with Crippen molar-refractivity contribution < 1.29 is 14.3 Å². The molecule has 84 valence electrons. The minimum atomic E-state index is -0.146. The van der Waals surface area contributed by atoms with E-state index in [1.54, 1.807) is 0 Å². The minimum absolute atomic E-state index is 0.106. The van der Waals surface area contributed by atoms with Crippen LogP contribution in [0.4, 0.5) is 0 Å². The van der Waals surface area contributed by atoms with Gasteiger partial charge in [0.05, 0.1) is 7.11 Å². The number of fused-ring (bicyclic) bond motifs is 1. The summed E-state index contributed by atoms with van der Waals surface area (Å²) in [5.41, 5.74) is 0. The van der Waals surface area contributed by atoms with Gasteiger partial charge in [-0.05, 0) is 25.8 Å². The molecule has 4 nitrogen and oxygen atoms in total. The number of ketones is 1. The molecule has 0 aromatic rings. The molecule has 4 heteroatoms. The molecule has 2 fully saturated rings. The third-order valence-electron chi connectivity index (χ3n) is 3.45. The summed E-state index contributed by atoms with van der Waals surface area (Å²) in [6, 6.07) is 0.176. The summed E-state index contributed by atoms with van der Waals surface area (Å²) >= 11 is 0. The van der Waals surface area contributed by atoms with Crippen molar-refractivity contribution in [2.24, 2.45) is 0 Å². The van der Waals surface area contributed by atoms with E-state index in [0.717, 1.165) is 25.8 Å². The second-order valence-electron chi connectivity index (χ2n) is 4.35. The number of carbonyl (C=O) groups is 2. The van der Waals surface area contributed by atoms with Crippen LogP contribution in [0.5, 0.6) is 0 Å². The number of esters is 1. The third-order valence-corrected chi connectivity index (χ3v) is 3.45. The minimum Gasteiger partial charge on any atom is -0.468 e. The van der Waals surface area contributed by atoms with Crippen molar-refractivity contribution in [1.82, 2.24) is 4.90 Å². The first-order chi connectivity index (χ1) is 7.22. The Balaban J connectivity index is 2.08. The summed E-state index contributed by atoms with van der Waals surface area (Å²) in [5, 5.41) is 0. The van der Waals surface area contributed by atoms with Crippen LogP contribution in [0, 0.1) is 0 Å². The quantitative estimate of drug-likeness (QED) is 0.600. The molecule has 0 spiro atoms. The van der Waals surface area contributed by atoms with Crippen LogP contribution in [0.2, 0.25) is 0 Å². The largest absolute Gasteiger partial charge is 0.468 e. The number of hydrogen-bond donors (Lipinski definition) is 0. The van der Waals surface area contributed by atoms with Gasteiger partial charge in [0.2, 0.25) is 0 Å². The highest BCUT2D eigenvalue weighted by molar-refractivity contribution is 5.80. The van der Waals surface area contributed by atoms with E-state index in [1.165, 1.54) is 7.11 Å². The number of carbonyl (C=O) groups excluding carboxylic acids is 2. The molecule has 0 radical (unpaired) electrons. The van der Waals surface area contributed by atoms with Crippen molar-refractivity contribution in [2.45, 2.75) is 44.2 Å². The zero-order valence-electron chi connectivity index (χ0n) is 9.07. The van der Waals surface area contributed by atoms with Crippen LogP contribution in [-0.4, -0.2) is 42.4 Å². The maximum Gasteiger partial charge on any atom is 0.323 e. The number of hydrogen-bond acceptors (Lipinski definition) is 4. The summed E-state index contributed by atoms with van der Waals surface area (Å²) in [6.45, 7) is 0.857. The van der Waals surface area contributed by atoms with Gasteiger partial charge in [0.25, 0.3) is 0 Å². The number of rotatable bonds is 1. The van der Waals surface area contributed by atoms with E-state index < -0.39 is 0 Å². The number of Topliss-reactive ketones (excluding diaryl/α,β-unsaturated/α-hetero) is 1. The summed E-state index contributed by atoms with van der Waals surface area (Å²) in [4.78, 5) is 25.1. The van der Waals surface area contributed by atoms with Crippen LogP contribution in [0.1, 0.15) is 32.1 Å². The average Bonchev–Trinajstić information content (AvgIpc) is 2.52. The van der Waals surface area contributed by atoms with E-state index >= 15 is 0 Å². The molecular weight excluding hydrogens is 194 g/mol. The summed E-state index contributed by atoms with van der Waals surface area (Å²) < 4.78 is 4.79. The van der Waals surface area contributed by atoms with E-state index in [2.05, 4.69) is 4.90 Å². The molecule has 0 aromatic heterocycles. The standard InChI is InChI=1S/C11H17NO3/c1-15-11(14)10-5-4-8-7-9(13)3-2-6-12(8)10/h8,10H,2-7H2,1H3/t8-,10-/m1/s1. The molecule has 2 rings (SSSR count). The van der Waals surface area contributed by atoms with Crippen LogP contribution in [0.15, 0.2) is 0 Å². The maximum absolute atomic E-state index is 11.5. The van der Waals surface area contributed by atoms with Crippen LogP contribution < -0.4 is 0 Å². The van der Waals surface area contributed by atoms with Crippen molar-refractivity contribution >= 4 is 11.8 Å². The van der Waals surface area contributed by atoms with E-state index in [0.29, 0.717) is 18.6 Å². The van der Waals surface area contributed by atoms with Gasteiger partial charge >= 0.3 is 5.97 Å². The van der Waals surface area contributed by atoms with Crippen molar-refractivity contribution in [3.63, 3.8) is 0 Å². The van der Waals surface area contributed by atoms with Crippen LogP contribution in [0.3, 0.4) is 0 Å². The Hall–Kier alpha value is -0.900. The monoisotopic (exact) mass is 211 g/mol. The molecule has 0 unspecified atom stereocenters. The van der Waals surface area contributed by atoms with Crippen LogP contribution in [0.25, 0.3) is 0 Å². The lowest BCUT2D eigenvalue weighted by Gasteiger charge is -2.25. The zero-order valence-corrected chi connectivity index (χ0v) is 9.07. The Morgan fingerprint density at radius 1 is 1.47 bits per heavy atom. The van der Waals surface area contributed by atoms with E-state index in [9.17, 15) is 9.59 Å². The second kappa shape index (κ2) is 4.31. The lowest BCUT2D eigenvalue weighted by Crippen LogP contribution is -2.41. The lowest BCUT2D eigenvalue weighted by molar-refractivity contribution is -0.146. The molecule has 0 bridgehead atoms. The van der Waals surface area contributed by atoms with Gasteiger partial charge in [0, 0.05) is 18.9 Å². The van der Waals surface area contributed by atoms with E-state index in [-0.39, 0.29) is 18.1 Å².